The van der Waals surface area contributed by atoms with Crippen LogP contribution in [0.2, 0.25) is 18.1 Å². The van der Waals surface area contributed by atoms with Gasteiger partial charge in [-0.1, -0.05) is 90.4 Å². The zero-order valence-corrected chi connectivity index (χ0v) is 17.4. The third kappa shape index (κ3) is 9.88. The Bertz CT molecular complexity index is 244. The molecule has 0 heterocycles. The van der Waals surface area contributed by atoms with Crippen molar-refractivity contribution in [3.63, 3.8) is 0 Å². The normalized spacial score (nSPS) is 13.7. The Morgan fingerprint density at radius 3 is 1.32 bits per heavy atom. The molecule has 0 aromatic rings. The third-order valence-corrected chi connectivity index (χ3v) is 11.9. The molecule has 0 atom stereocenters. The Labute approximate surface area is 150 Å². The highest BCUT2D eigenvalue weighted by atomic mass is 35.6. The van der Waals surface area contributed by atoms with E-state index in [0.717, 1.165) is 18.1 Å². The number of hydrogen-bond donors (Lipinski definition) is 0. The molecule has 11 heteroatoms. The van der Waals surface area contributed by atoms with Gasteiger partial charge in [-0.05, 0) is 18.1 Å². The second-order valence-electron chi connectivity index (χ2n) is 3.78. The molecule has 0 saturated carbocycles. The Morgan fingerprint density at radius 2 is 1.11 bits per heavy atom. The topological polar surface area (TPSA) is 27.7 Å². The number of alkyl halides is 6. The number of hydrogen-bond acceptors (Lipinski definition) is 3. The van der Waals surface area contributed by atoms with Crippen LogP contribution in [0.4, 0.5) is 0 Å². The minimum Gasteiger partial charge on any atom is -0.498 e. The molecular formula is C8H15AlCl6O3Si. The van der Waals surface area contributed by atoms with E-state index in [1.807, 2.05) is 20.8 Å². The molecule has 0 bridgehead atoms. The van der Waals surface area contributed by atoms with Gasteiger partial charge in [0, 0.05) is 0 Å². The molecule has 0 aliphatic carbocycles. The van der Waals surface area contributed by atoms with Gasteiger partial charge in [0.1, 0.15) is 0 Å². The fourth-order valence-electron chi connectivity index (χ4n) is 1.49. The minimum atomic E-state index is -2.89. The summed E-state index contributed by atoms with van der Waals surface area (Å²) < 4.78 is 12.3. The first-order valence-corrected chi connectivity index (χ1v) is 11.8. The summed E-state index contributed by atoms with van der Waals surface area (Å²) in [5, 5.41) is 0. The average Bonchev–Trinajstić information content (AvgIpc) is 2.21. The second kappa shape index (κ2) is 8.86. The molecule has 0 fully saturated rings. The fourth-order valence-corrected chi connectivity index (χ4v) is 8.81. The van der Waals surface area contributed by atoms with E-state index in [-0.39, 0.29) is 0 Å². The lowest BCUT2D eigenvalue weighted by Crippen LogP contribution is -2.47. The predicted octanol–water partition coefficient (Wildman–Crippen LogP) is 5.68. The number of halogens is 6. The van der Waals surface area contributed by atoms with Crippen LogP contribution >= 0.6 is 69.6 Å². The summed E-state index contributed by atoms with van der Waals surface area (Å²) in [4.78, 5) is 0. The van der Waals surface area contributed by atoms with E-state index in [2.05, 4.69) is 0 Å². The maximum atomic E-state index is 5.96. The zero-order chi connectivity index (χ0) is 15.3. The summed E-state index contributed by atoms with van der Waals surface area (Å²) in [5.74, 6) is 0. The lowest BCUT2D eigenvalue weighted by atomic mass is 10.9. The van der Waals surface area contributed by atoms with Crippen molar-refractivity contribution in [1.29, 1.82) is 0 Å². The molecule has 3 nitrogen and oxygen atoms in total. The second-order valence-corrected chi connectivity index (χ2v) is 14.6. The van der Waals surface area contributed by atoms with Crippen LogP contribution in [-0.4, -0.2) is 31.4 Å². The first-order chi connectivity index (χ1) is 8.47. The molecule has 19 heavy (non-hydrogen) atoms. The van der Waals surface area contributed by atoms with Crippen LogP contribution in [-0.2, 0) is 11.1 Å². The maximum Gasteiger partial charge on any atom is 0.900 e. The minimum absolute atomic E-state index is 0.871. The Kier molecular flexibility index (Phi) is 9.96. The molecule has 0 aromatic carbocycles. The van der Waals surface area contributed by atoms with Gasteiger partial charge in [0.05, 0.1) is 0 Å². The first kappa shape index (κ1) is 21.4. The monoisotopic (exact) mass is 424 g/mol. The zero-order valence-electron chi connectivity index (χ0n) is 10.7. The van der Waals surface area contributed by atoms with Gasteiger partial charge in [0.2, 0.25) is 0 Å². The largest absolute Gasteiger partial charge is 0.900 e. The van der Waals surface area contributed by atoms with E-state index in [1.54, 1.807) is 0 Å². The van der Waals surface area contributed by atoms with Crippen molar-refractivity contribution in [2.75, 3.05) is 0 Å². The molecule has 0 amide bonds. The van der Waals surface area contributed by atoms with Gasteiger partial charge in [0.15, 0.2) is 8.32 Å². The standard InChI is InChI=1S/C6H15OSi.2CCl3O.Al/c1-4-8(7,5-2)6-3;2*2-1(3,4)5;/h4-6H2,1-3H3;;;/q3*-1;+3. The Hall–Kier alpha value is 2.37. The number of rotatable bonds is 7. The third-order valence-electron chi connectivity index (χ3n) is 2.74. The van der Waals surface area contributed by atoms with Crippen molar-refractivity contribution in [1.82, 2.24) is 0 Å². The van der Waals surface area contributed by atoms with E-state index < -0.39 is 31.4 Å². The predicted molar refractivity (Wildman–Crippen MR) is 86.8 cm³/mol. The first-order valence-electron chi connectivity index (χ1n) is 5.64. The molecule has 0 saturated heterocycles. The van der Waals surface area contributed by atoms with Crippen LogP contribution in [0.5, 0.6) is 0 Å². The summed E-state index contributed by atoms with van der Waals surface area (Å²) in [7, 11) is -2.02. The van der Waals surface area contributed by atoms with Crippen LogP contribution in [0.1, 0.15) is 20.8 Å². The average molecular weight is 427 g/mol. The molecule has 0 rings (SSSR count). The smallest absolute Gasteiger partial charge is 0.498 e. The molecule has 0 aromatic heterocycles. The van der Waals surface area contributed by atoms with E-state index in [1.165, 1.54) is 0 Å². The summed E-state index contributed by atoms with van der Waals surface area (Å²) in [6.07, 6.45) is 0. The quantitative estimate of drug-likeness (QED) is 0.387. The van der Waals surface area contributed by atoms with Crippen molar-refractivity contribution in [3.05, 3.63) is 0 Å². The van der Waals surface area contributed by atoms with Crippen molar-refractivity contribution in [3.8, 4) is 0 Å². The van der Waals surface area contributed by atoms with Crippen molar-refractivity contribution in [2.24, 2.45) is 0 Å². The van der Waals surface area contributed by atoms with Crippen molar-refractivity contribution < 1.29 is 11.1 Å². The van der Waals surface area contributed by atoms with Crippen LogP contribution in [0.25, 0.3) is 0 Å². The SMILES string of the molecule is CC[Si](CC)(CC)[O][Al]([O]C(Cl)(Cl)Cl)[O]C(Cl)(Cl)Cl. The van der Waals surface area contributed by atoms with E-state index in [0.29, 0.717) is 0 Å². The molecule has 0 unspecified atom stereocenters. The molecule has 0 spiro atoms. The Morgan fingerprint density at radius 1 is 0.789 bits per heavy atom. The van der Waals surface area contributed by atoms with Crippen molar-refractivity contribution in [2.45, 2.75) is 46.9 Å². The Balaban J connectivity index is 4.93. The van der Waals surface area contributed by atoms with Gasteiger partial charge < -0.3 is 11.1 Å². The van der Waals surface area contributed by atoms with Gasteiger partial charge >= 0.3 is 15.1 Å². The lowest BCUT2D eigenvalue weighted by Gasteiger charge is -2.33. The summed E-state index contributed by atoms with van der Waals surface area (Å²) >= 11 is 30.6. The molecule has 0 aliphatic rings. The van der Waals surface area contributed by atoms with Crippen LogP contribution < -0.4 is 0 Å². The van der Waals surface area contributed by atoms with E-state index in [9.17, 15) is 0 Å². The van der Waals surface area contributed by atoms with Crippen LogP contribution in [0.15, 0.2) is 0 Å². The molecule has 0 aliphatic heterocycles. The highest BCUT2D eigenvalue weighted by Gasteiger charge is 2.49. The van der Waals surface area contributed by atoms with Gasteiger partial charge in [-0.2, -0.15) is 0 Å². The van der Waals surface area contributed by atoms with Gasteiger partial charge in [-0.25, -0.2) is 0 Å². The lowest BCUT2D eigenvalue weighted by molar-refractivity contribution is 0.132. The van der Waals surface area contributed by atoms with Crippen molar-refractivity contribution >= 4 is 93.1 Å². The molecular weight excluding hydrogens is 412 g/mol. The highest BCUT2D eigenvalue weighted by molar-refractivity contribution is 6.79. The fraction of sp³-hybridized carbons (Fsp3) is 1.00. The highest BCUT2D eigenvalue weighted by Crippen LogP contribution is 2.35. The van der Waals surface area contributed by atoms with Crippen LogP contribution in [0, 0.1) is 0 Å². The molecule has 0 N–H and O–H groups in total. The maximum absolute atomic E-state index is 5.96. The van der Waals surface area contributed by atoms with E-state index in [4.69, 9.17) is 80.7 Å². The van der Waals surface area contributed by atoms with E-state index >= 15 is 0 Å². The summed E-state index contributed by atoms with van der Waals surface area (Å²) in [6, 6.07) is 2.61. The summed E-state index contributed by atoms with van der Waals surface area (Å²) in [6.45, 7) is 6.11. The van der Waals surface area contributed by atoms with Crippen LogP contribution in [0.3, 0.4) is 0 Å². The summed E-state index contributed by atoms with van der Waals surface area (Å²) in [5.41, 5.74) is 0. The molecule has 114 valence electrons. The van der Waals surface area contributed by atoms with Gasteiger partial charge in [-0.3, -0.25) is 0 Å². The van der Waals surface area contributed by atoms with Gasteiger partial charge in [-0.15, -0.1) is 0 Å². The molecule has 0 radical (unpaired) electrons. The van der Waals surface area contributed by atoms with Gasteiger partial charge in [0.25, 0.3) is 7.96 Å².